The molecule has 26 heavy (non-hydrogen) atoms. The molecule has 2 atom stereocenters. The molecule has 1 aromatic rings. The van der Waals surface area contributed by atoms with E-state index >= 15 is 0 Å². The minimum absolute atomic E-state index is 0.0309. The first-order valence-corrected chi connectivity index (χ1v) is 8.49. The summed E-state index contributed by atoms with van der Waals surface area (Å²) in [5.74, 6) is -1.67. The third-order valence-electron chi connectivity index (χ3n) is 4.75. The van der Waals surface area contributed by atoms with Gasteiger partial charge in [0.15, 0.2) is 0 Å². The first kappa shape index (κ1) is 17.8. The highest BCUT2D eigenvalue weighted by Gasteiger charge is 2.46. The lowest BCUT2D eigenvalue weighted by Crippen LogP contribution is -2.34. The number of hydrogen-bond acceptors (Lipinski definition) is 5. The molecule has 0 saturated carbocycles. The Hall–Kier alpha value is -2.96. The zero-order valence-corrected chi connectivity index (χ0v) is 14.4. The molecule has 3 amide bonds. The van der Waals surface area contributed by atoms with Crippen molar-refractivity contribution in [2.45, 2.75) is 19.3 Å². The standard InChI is InChI=1S/C19H20N2O5/c1-26-19(25)12-6-8-13(9-7-12)20-16(22)10-11-21-17(23)14-4-2-3-5-15(14)18(21)24/h2-3,6-9,14-15H,4-5,10-11H2,1H3,(H,20,22). The first-order chi connectivity index (χ1) is 12.5. The molecule has 7 nitrogen and oxygen atoms in total. The summed E-state index contributed by atoms with van der Waals surface area (Å²) in [5, 5.41) is 2.69. The van der Waals surface area contributed by atoms with Gasteiger partial charge in [-0.15, -0.1) is 0 Å². The molecular formula is C19H20N2O5. The lowest BCUT2D eigenvalue weighted by molar-refractivity contribution is -0.140. The lowest BCUT2D eigenvalue weighted by atomic mass is 9.85. The van der Waals surface area contributed by atoms with Crippen LogP contribution in [0.1, 0.15) is 29.6 Å². The van der Waals surface area contributed by atoms with Crippen LogP contribution in [0.4, 0.5) is 5.69 Å². The van der Waals surface area contributed by atoms with E-state index in [2.05, 4.69) is 10.1 Å². The van der Waals surface area contributed by atoms with Crippen LogP contribution in [0.5, 0.6) is 0 Å². The molecule has 1 aliphatic carbocycles. The van der Waals surface area contributed by atoms with Crippen molar-refractivity contribution in [3.63, 3.8) is 0 Å². The van der Waals surface area contributed by atoms with Crippen molar-refractivity contribution >= 4 is 29.4 Å². The number of methoxy groups -OCH3 is 1. The quantitative estimate of drug-likeness (QED) is 0.493. The van der Waals surface area contributed by atoms with Gasteiger partial charge in [0.1, 0.15) is 0 Å². The highest BCUT2D eigenvalue weighted by atomic mass is 16.5. The number of rotatable bonds is 5. The number of carbonyl (C=O) groups excluding carboxylic acids is 4. The molecule has 1 heterocycles. The zero-order valence-electron chi connectivity index (χ0n) is 14.4. The van der Waals surface area contributed by atoms with Gasteiger partial charge in [0.2, 0.25) is 17.7 Å². The van der Waals surface area contributed by atoms with Gasteiger partial charge in [-0.25, -0.2) is 4.79 Å². The largest absolute Gasteiger partial charge is 0.465 e. The number of amides is 3. The van der Waals surface area contributed by atoms with Gasteiger partial charge in [-0.2, -0.15) is 0 Å². The van der Waals surface area contributed by atoms with E-state index in [1.165, 1.54) is 12.0 Å². The van der Waals surface area contributed by atoms with Crippen LogP contribution in [-0.4, -0.2) is 42.2 Å². The summed E-state index contributed by atoms with van der Waals surface area (Å²) in [6.07, 6.45) is 5.07. The summed E-state index contributed by atoms with van der Waals surface area (Å²) in [5.41, 5.74) is 0.912. The van der Waals surface area contributed by atoms with Crippen LogP contribution in [0.3, 0.4) is 0 Å². The Labute approximate surface area is 151 Å². The van der Waals surface area contributed by atoms with Crippen LogP contribution in [0.25, 0.3) is 0 Å². The van der Waals surface area contributed by atoms with Gasteiger partial charge in [-0.1, -0.05) is 12.2 Å². The third kappa shape index (κ3) is 3.51. The van der Waals surface area contributed by atoms with Crippen LogP contribution in [0.15, 0.2) is 36.4 Å². The number of nitrogens with one attached hydrogen (secondary N) is 1. The molecule has 1 N–H and O–H groups in total. The number of fused-ring (bicyclic) bond motifs is 1. The topological polar surface area (TPSA) is 92.8 Å². The predicted octanol–water partition coefficient (Wildman–Crippen LogP) is 1.75. The van der Waals surface area contributed by atoms with Gasteiger partial charge >= 0.3 is 5.97 Å². The van der Waals surface area contributed by atoms with Crippen LogP contribution in [-0.2, 0) is 19.1 Å². The Kier molecular flexibility index (Phi) is 5.16. The second-order valence-electron chi connectivity index (χ2n) is 6.35. The molecular weight excluding hydrogens is 336 g/mol. The fraction of sp³-hybridized carbons (Fsp3) is 0.368. The molecule has 0 radical (unpaired) electrons. The maximum Gasteiger partial charge on any atom is 0.337 e. The molecule has 0 aromatic heterocycles. The number of carbonyl (C=O) groups is 4. The van der Waals surface area contributed by atoms with Crippen molar-refractivity contribution in [2.75, 3.05) is 19.0 Å². The van der Waals surface area contributed by atoms with E-state index in [0.717, 1.165) is 0 Å². The van der Waals surface area contributed by atoms with Crippen molar-refractivity contribution in [3.05, 3.63) is 42.0 Å². The van der Waals surface area contributed by atoms with E-state index in [9.17, 15) is 19.2 Å². The Balaban J connectivity index is 1.53. The summed E-state index contributed by atoms with van der Waals surface area (Å²) in [6.45, 7) is 0.0801. The summed E-state index contributed by atoms with van der Waals surface area (Å²) < 4.78 is 4.61. The highest BCUT2D eigenvalue weighted by Crippen LogP contribution is 2.35. The van der Waals surface area contributed by atoms with Gasteiger partial charge in [0.05, 0.1) is 24.5 Å². The van der Waals surface area contributed by atoms with Crippen molar-refractivity contribution in [1.29, 1.82) is 0 Å². The summed E-state index contributed by atoms with van der Waals surface area (Å²) >= 11 is 0. The third-order valence-corrected chi connectivity index (χ3v) is 4.75. The molecule has 0 spiro atoms. The molecule has 1 aromatic carbocycles. The van der Waals surface area contributed by atoms with Crippen molar-refractivity contribution in [2.24, 2.45) is 11.8 Å². The molecule has 2 aliphatic rings. The number of anilines is 1. The molecule has 1 fully saturated rings. The Morgan fingerprint density at radius 1 is 1.08 bits per heavy atom. The van der Waals surface area contributed by atoms with Gasteiger partial charge in [0, 0.05) is 18.7 Å². The van der Waals surface area contributed by atoms with Crippen LogP contribution >= 0.6 is 0 Å². The molecule has 1 aliphatic heterocycles. The molecule has 136 valence electrons. The van der Waals surface area contributed by atoms with Gasteiger partial charge in [-0.3, -0.25) is 19.3 Å². The number of benzene rings is 1. The Morgan fingerprint density at radius 3 is 2.19 bits per heavy atom. The highest BCUT2D eigenvalue weighted by molar-refractivity contribution is 6.05. The van der Waals surface area contributed by atoms with Crippen molar-refractivity contribution < 1.29 is 23.9 Å². The summed E-state index contributed by atoms with van der Waals surface area (Å²) in [4.78, 5) is 49.4. The number of imide groups is 1. The predicted molar refractivity (Wildman–Crippen MR) is 93.1 cm³/mol. The number of hydrogen-bond donors (Lipinski definition) is 1. The summed E-state index contributed by atoms with van der Waals surface area (Å²) in [7, 11) is 1.30. The fourth-order valence-corrected chi connectivity index (χ4v) is 3.33. The van der Waals surface area contributed by atoms with Crippen LogP contribution in [0, 0.1) is 11.8 Å². The SMILES string of the molecule is COC(=O)c1ccc(NC(=O)CCN2C(=O)C3CC=CCC3C2=O)cc1. The van der Waals surface area contributed by atoms with Crippen LogP contribution in [0.2, 0.25) is 0 Å². The zero-order chi connectivity index (χ0) is 18.7. The summed E-state index contributed by atoms with van der Waals surface area (Å²) in [6, 6.07) is 6.28. The smallest absolute Gasteiger partial charge is 0.337 e. The number of allylic oxidation sites excluding steroid dienone is 2. The van der Waals surface area contributed by atoms with E-state index in [0.29, 0.717) is 24.1 Å². The van der Waals surface area contributed by atoms with E-state index in [1.807, 2.05) is 12.2 Å². The minimum Gasteiger partial charge on any atom is -0.465 e. The van der Waals surface area contributed by atoms with Gasteiger partial charge in [-0.05, 0) is 37.1 Å². The van der Waals surface area contributed by atoms with Gasteiger partial charge < -0.3 is 10.1 Å². The number of esters is 1. The maximum absolute atomic E-state index is 12.3. The second kappa shape index (κ2) is 7.51. The minimum atomic E-state index is -0.454. The fourth-order valence-electron chi connectivity index (χ4n) is 3.33. The number of likely N-dealkylation sites (tertiary alicyclic amines) is 1. The second-order valence-corrected chi connectivity index (χ2v) is 6.35. The number of nitrogens with zero attached hydrogens (tertiary/aromatic N) is 1. The molecule has 2 unspecified atom stereocenters. The first-order valence-electron chi connectivity index (χ1n) is 8.49. The lowest BCUT2D eigenvalue weighted by Gasteiger charge is -2.14. The van der Waals surface area contributed by atoms with E-state index in [-0.39, 0.29) is 42.5 Å². The average Bonchev–Trinajstić information content (AvgIpc) is 2.91. The Morgan fingerprint density at radius 2 is 1.65 bits per heavy atom. The van der Waals surface area contributed by atoms with E-state index in [1.54, 1.807) is 24.3 Å². The van der Waals surface area contributed by atoms with Crippen molar-refractivity contribution in [3.8, 4) is 0 Å². The van der Waals surface area contributed by atoms with Gasteiger partial charge in [0.25, 0.3) is 0 Å². The molecule has 0 bridgehead atoms. The van der Waals surface area contributed by atoms with Crippen molar-refractivity contribution in [1.82, 2.24) is 4.90 Å². The normalized spacial score (nSPS) is 21.5. The number of ether oxygens (including phenoxy) is 1. The average molecular weight is 356 g/mol. The molecule has 7 heteroatoms. The Bertz CT molecular complexity index is 743. The molecule has 3 rings (SSSR count). The van der Waals surface area contributed by atoms with Crippen LogP contribution < -0.4 is 5.32 Å². The maximum atomic E-state index is 12.3. The monoisotopic (exact) mass is 356 g/mol. The van der Waals surface area contributed by atoms with E-state index < -0.39 is 5.97 Å². The molecule has 1 saturated heterocycles. The van der Waals surface area contributed by atoms with E-state index in [4.69, 9.17) is 0 Å².